The second-order valence-electron chi connectivity index (χ2n) is 5.99. The molecule has 116 valence electrons. The van der Waals surface area contributed by atoms with Crippen LogP contribution in [-0.4, -0.2) is 63.9 Å². The molecular weight excluding hydrogens is 268 g/mol. The van der Waals surface area contributed by atoms with Gasteiger partial charge in [-0.2, -0.15) is 5.10 Å². The molecule has 7 heteroatoms. The highest BCUT2D eigenvalue weighted by Gasteiger charge is 2.39. The first-order chi connectivity index (χ1) is 10.1. The third-order valence-electron chi connectivity index (χ3n) is 4.60. The zero-order valence-electron chi connectivity index (χ0n) is 12.7. The van der Waals surface area contributed by atoms with Crippen molar-refractivity contribution in [3.05, 3.63) is 18.0 Å². The number of aromatic nitrogens is 2. The Bertz CT molecular complexity index is 515. The second kappa shape index (κ2) is 5.65. The Morgan fingerprint density at radius 1 is 1.52 bits per heavy atom. The van der Waals surface area contributed by atoms with Gasteiger partial charge in [0.15, 0.2) is 0 Å². The summed E-state index contributed by atoms with van der Waals surface area (Å²) in [7, 11) is 1.93. The van der Waals surface area contributed by atoms with Gasteiger partial charge < -0.3 is 16.0 Å². The Labute approximate surface area is 125 Å². The van der Waals surface area contributed by atoms with Gasteiger partial charge in [0.05, 0.1) is 18.3 Å². The van der Waals surface area contributed by atoms with Crippen molar-refractivity contribution in [2.75, 3.05) is 26.2 Å². The molecule has 3 heterocycles. The van der Waals surface area contributed by atoms with Crippen LogP contribution in [0.25, 0.3) is 0 Å². The maximum atomic E-state index is 11.7. The summed E-state index contributed by atoms with van der Waals surface area (Å²) < 4.78 is 1.82. The summed E-state index contributed by atoms with van der Waals surface area (Å²) in [5, 5.41) is 7.21. The van der Waals surface area contributed by atoms with E-state index in [1.807, 2.05) is 29.0 Å². The Balaban J connectivity index is 1.79. The van der Waals surface area contributed by atoms with Gasteiger partial charge in [0.25, 0.3) is 0 Å². The number of hydrogen-bond acceptors (Lipinski definition) is 4. The van der Waals surface area contributed by atoms with Crippen LogP contribution in [0.3, 0.4) is 0 Å². The Morgan fingerprint density at radius 3 is 3.00 bits per heavy atom. The van der Waals surface area contributed by atoms with Crippen LogP contribution < -0.4 is 11.1 Å². The fourth-order valence-corrected chi connectivity index (χ4v) is 3.43. The number of hydrogen-bond donors (Lipinski definition) is 2. The van der Waals surface area contributed by atoms with E-state index in [0.717, 1.165) is 38.2 Å². The maximum Gasteiger partial charge on any atom is 0.317 e. The van der Waals surface area contributed by atoms with Crippen molar-refractivity contribution >= 4 is 6.03 Å². The lowest BCUT2D eigenvalue weighted by molar-refractivity contribution is 0.0765. The van der Waals surface area contributed by atoms with Gasteiger partial charge >= 0.3 is 6.03 Å². The molecule has 2 aliphatic rings. The van der Waals surface area contributed by atoms with E-state index in [0.29, 0.717) is 0 Å². The standard InChI is InChI=1S/C14H24N6O/c1-3-12(15)13(10-6-17-18(2)8-10)19-4-5-20-11(9-19)7-16-14(20)21/h6,8,11-13H,3-5,7,9,15H2,1-2H3,(H,16,21). The van der Waals surface area contributed by atoms with Crippen molar-refractivity contribution in [3.63, 3.8) is 0 Å². The monoisotopic (exact) mass is 292 g/mol. The molecule has 1 aromatic heterocycles. The Kier molecular flexibility index (Phi) is 3.86. The first-order valence-corrected chi connectivity index (χ1v) is 7.62. The van der Waals surface area contributed by atoms with Crippen molar-refractivity contribution in [1.82, 2.24) is 24.9 Å². The molecule has 0 aliphatic carbocycles. The van der Waals surface area contributed by atoms with E-state index in [9.17, 15) is 4.79 Å². The average molecular weight is 292 g/mol. The first kappa shape index (κ1) is 14.3. The zero-order chi connectivity index (χ0) is 15.0. The number of carbonyl (C=O) groups is 1. The largest absolute Gasteiger partial charge is 0.336 e. The highest BCUT2D eigenvalue weighted by Crippen LogP contribution is 2.28. The second-order valence-corrected chi connectivity index (χ2v) is 5.99. The van der Waals surface area contributed by atoms with Crippen LogP contribution >= 0.6 is 0 Å². The number of nitrogens with zero attached hydrogens (tertiary/aromatic N) is 4. The number of amides is 2. The van der Waals surface area contributed by atoms with Crippen LogP contribution in [-0.2, 0) is 7.05 Å². The lowest BCUT2D eigenvalue weighted by atomic mass is 9.97. The third kappa shape index (κ3) is 2.63. The molecule has 3 N–H and O–H groups in total. The van der Waals surface area contributed by atoms with E-state index in [2.05, 4.69) is 22.2 Å². The van der Waals surface area contributed by atoms with Crippen molar-refractivity contribution in [3.8, 4) is 0 Å². The molecule has 0 aromatic carbocycles. The molecule has 0 radical (unpaired) electrons. The van der Waals surface area contributed by atoms with Crippen LogP contribution in [0.15, 0.2) is 12.4 Å². The van der Waals surface area contributed by atoms with Gasteiger partial charge in [-0.25, -0.2) is 4.79 Å². The van der Waals surface area contributed by atoms with Gasteiger partial charge in [-0.1, -0.05) is 6.92 Å². The summed E-state index contributed by atoms with van der Waals surface area (Å²) in [4.78, 5) is 16.1. The van der Waals surface area contributed by atoms with Crippen molar-refractivity contribution < 1.29 is 4.79 Å². The van der Waals surface area contributed by atoms with E-state index in [1.165, 1.54) is 0 Å². The van der Waals surface area contributed by atoms with Crippen LogP contribution in [0.4, 0.5) is 4.79 Å². The van der Waals surface area contributed by atoms with Gasteiger partial charge in [0.1, 0.15) is 0 Å². The van der Waals surface area contributed by atoms with Crippen molar-refractivity contribution in [2.24, 2.45) is 12.8 Å². The van der Waals surface area contributed by atoms with E-state index in [1.54, 1.807) is 0 Å². The van der Waals surface area contributed by atoms with Gasteiger partial charge in [-0.15, -0.1) is 0 Å². The number of nitrogens with one attached hydrogen (secondary N) is 1. The molecule has 3 unspecified atom stereocenters. The topological polar surface area (TPSA) is 79.4 Å². The summed E-state index contributed by atoms with van der Waals surface area (Å²) in [6.07, 6.45) is 4.87. The van der Waals surface area contributed by atoms with E-state index >= 15 is 0 Å². The number of nitrogens with two attached hydrogens (primary N) is 1. The molecule has 0 spiro atoms. The smallest absolute Gasteiger partial charge is 0.317 e. The van der Waals surface area contributed by atoms with E-state index in [-0.39, 0.29) is 24.2 Å². The molecule has 2 saturated heterocycles. The van der Waals surface area contributed by atoms with Gasteiger partial charge in [0.2, 0.25) is 0 Å². The SMILES string of the molecule is CCC(N)C(c1cnn(C)c1)N1CCN2C(=O)NCC2C1. The minimum absolute atomic E-state index is 0.0670. The lowest BCUT2D eigenvalue weighted by Gasteiger charge is -2.42. The predicted molar refractivity (Wildman–Crippen MR) is 79.7 cm³/mol. The quantitative estimate of drug-likeness (QED) is 0.813. The first-order valence-electron chi connectivity index (χ1n) is 7.62. The molecule has 1 aromatic rings. The molecule has 0 bridgehead atoms. The normalized spacial score (nSPS) is 25.6. The highest BCUT2D eigenvalue weighted by molar-refractivity contribution is 5.77. The van der Waals surface area contributed by atoms with E-state index in [4.69, 9.17) is 5.73 Å². The average Bonchev–Trinajstić information content (AvgIpc) is 3.06. The summed E-state index contributed by atoms with van der Waals surface area (Å²) in [6.45, 7) is 5.34. The third-order valence-corrected chi connectivity index (χ3v) is 4.60. The molecule has 2 fully saturated rings. The Hall–Kier alpha value is -1.60. The number of aryl methyl sites for hydroxylation is 1. The minimum atomic E-state index is 0.0670. The fourth-order valence-electron chi connectivity index (χ4n) is 3.43. The van der Waals surface area contributed by atoms with Gasteiger partial charge in [-0.05, 0) is 6.42 Å². The van der Waals surface area contributed by atoms with Crippen LogP contribution in [0.1, 0.15) is 24.9 Å². The van der Waals surface area contributed by atoms with Crippen LogP contribution in [0.5, 0.6) is 0 Å². The predicted octanol–water partition coefficient (Wildman–Crippen LogP) is -0.0921. The van der Waals surface area contributed by atoms with Crippen molar-refractivity contribution in [1.29, 1.82) is 0 Å². The molecule has 3 atom stereocenters. The number of fused-ring (bicyclic) bond motifs is 1. The molecule has 2 aliphatic heterocycles. The fraction of sp³-hybridized carbons (Fsp3) is 0.714. The highest BCUT2D eigenvalue weighted by atomic mass is 16.2. The summed E-state index contributed by atoms with van der Waals surface area (Å²) in [5.74, 6) is 0. The van der Waals surface area contributed by atoms with Crippen LogP contribution in [0, 0.1) is 0 Å². The van der Waals surface area contributed by atoms with Gasteiger partial charge in [-0.3, -0.25) is 9.58 Å². The lowest BCUT2D eigenvalue weighted by Crippen LogP contribution is -2.55. The Morgan fingerprint density at radius 2 is 2.33 bits per heavy atom. The number of urea groups is 1. The maximum absolute atomic E-state index is 11.7. The number of piperazine rings is 1. The molecule has 2 amide bonds. The molecule has 0 saturated carbocycles. The minimum Gasteiger partial charge on any atom is -0.336 e. The number of rotatable bonds is 4. The summed E-state index contributed by atoms with van der Waals surface area (Å²) >= 11 is 0. The molecule has 3 rings (SSSR count). The van der Waals surface area contributed by atoms with Crippen molar-refractivity contribution in [2.45, 2.75) is 31.5 Å². The molecule has 7 nitrogen and oxygen atoms in total. The summed E-state index contributed by atoms with van der Waals surface area (Å²) in [6, 6.07) is 0.569. The summed E-state index contributed by atoms with van der Waals surface area (Å²) in [5.41, 5.74) is 7.54. The number of carbonyl (C=O) groups excluding carboxylic acids is 1. The molecule has 21 heavy (non-hydrogen) atoms. The molecular formula is C14H24N6O. The van der Waals surface area contributed by atoms with E-state index < -0.39 is 0 Å². The van der Waals surface area contributed by atoms with Gasteiger partial charge in [0, 0.05) is 51.0 Å². The van der Waals surface area contributed by atoms with Crippen LogP contribution in [0.2, 0.25) is 0 Å². The zero-order valence-corrected chi connectivity index (χ0v) is 12.7.